The summed E-state index contributed by atoms with van der Waals surface area (Å²) in [4.78, 5) is 2.46. The predicted molar refractivity (Wildman–Crippen MR) is 68.3 cm³/mol. The van der Waals surface area contributed by atoms with Gasteiger partial charge in [0.2, 0.25) is 0 Å². The number of likely N-dealkylation sites (tertiary alicyclic amines) is 1. The van der Waals surface area contributed by atoms with Crippen molar-refractivity contribution in [2.24, 2.45) is 5.92 Å². The number of phenols is 1. The number of nitrogens with zero attached hydrogens (tertiary/aromatic N) is 1. The minimum Gasteiger partial charge on any atom is -0.504 e. The molecule has 1 aromatic rings. The number of phenolic OH excluding ortho intramolecular Hbond substituents is 1. The third-order valence-electron chi connectivity index (χ3n) is 3.53. The largest absolute Gasteiger partial charge is 0.504 e. The van der Waals surface area contributed by atoms with Crippen molar-refractivity contribution in [3.05, 3.63) is 23.8 Å². The average molecular weight is 235 g/mol. The Morgan fingerprint density at radius 2 is 2.06 bits per heavy atom. The summed E-state index contributed by atoms with van der Waals surface area (Å²) < 4.78 is 5.12. The topological polar surface area (TPSA) is 32.7 Å². The molecule has 1 aromatic carbocycles. The maximum absolute atomic E-state index is 9.54. The van der Waals surface area contributed by atoms with Gasteiger partial charge in [0.1, 0.15) is 0 Å². The summed E-state index contributed by atoms with van der Waals surface area (Å²) in [5.41, 5.74) is 1.20. The van der Waals surface area contributed by atoms with E-state index >= 15 is 0 Å². The molecule has 1 N–H and O–H groups in total. The van der Waals surface area contributed by atoms with E-state index in [4.69, 9.17) is 4.74 Å². The highest BCUT2D eigenvalue weighted by Crippen LogP contribution is 2.27. The lowest BCUT2D eigenvalue weighted by molar-refractivity contribution is 0.185. The smallest absolute Gasteiger partial charge is 0.160 e. The molecule has 1 heterocycles. The molecule has 0 aliphatic carbocycles. The van der Waals surface area contributed by atoms with Gasteiger partial charge in [-0.1, -0.05) is 13.0 Å². The number of rotatable bonds is 3. The average Bonchev–Trinajstić information content (AvgIpc) is 2.34. The normalized spacial score (nSPS) is 18.2. The van der Waals surface area contributed by atoms with Crippen molar-refractivity contribution in [2.75, 3.05) is 20.2 Å². The summed E-state index contributed by atoms with van der Waals surface area (Å²) in [5, 5.41) is 9.54. The van der Waals surface area contributed by atoms with Crippen LogP contribution in [-0.4, -0.2) is 30.2 Å². The SMILES string of the molecule is COc1cc(CN2CCC(C)CC2)ccc1O. The minimum atomic E-state index is 0.212. The van der Waals surface area contributed by atoms with Crippen molar-refractivity contribution >= 4 is 0 Å². The number of hydrogen-bond acceptors (Lipinski definition) is 3. The second-order valence-electron chi connectivity index (χ2n) is 4.96. The zero-order valence-electron chi connectivity index (χ0n) is 10.6. The van der Waals surface area contributed by atoms with Crippen LogP contribution in [0.25, 0.3) is 0 Å². The molecule has 2 rings (SSSR count). The minimum absolute atomic E-state index is 0.212. The second-order valence-corrected chi connectivity index (χ2v) is 4.96. The molecule has 3 heteroatoms. The molecule has 0 bridgehead atoms. The number of ether oxygens (including phenoxy) is 1. The van der Waals surface area contributed by atoms with E-state index in [-0.39, 0.29) is 5.75 Å². The van der Waals surface area contributed by atoms with Crippen LogP contribution in [0.15, 0.2) is 18.2 Å². The van der Waals surface area contributed by atoms with E-state index in [1.165, 1.54) is 31.5 Å². The van der Waals surface area contributed by atoms with Gasteiger partial charge in [-0.15, -0.1) is 0 Å². The second kappa shape index (κ2) is 5.41. The fraction of sp³-hybridized carbons (Fsp3) is 0.571. The Bertz CT molecular complexity index is 370. The number of aromatic hydroxyl groups is 1. The molecule has 94 valence electrons. The van der Waals surface area contributed by atoms with Gasteiger partial charge in [-0.05, 0) is 49.5 Å². The summed E-state index contributed by atoms with van der Waals surface area (Å²) in [6, 6.07) is 5.60. The van der Waals surface area contributed by atoms with Gasteiger partial charge in [0.15, 0.2) is 11.5 Å². The van der Waals surface area contributed by atoms with E-state index in [0.29, 0.717) is 5.75 Å². The zero-order chi connectivity index (χ0) is 12.3. The molecule has 0 amide bonds. The van der Waals surface area contributed by atoms with Crippen LogP contribution < -0.4 is 4.74 Å². The Morgan fingerprint density at radius 1 is 1.35 bits per heavy atom. The molecule has 1 saturated heterocycles. The quantitative estimate of drug-likeness (QED) is 0.874. The molecule has 0 radical (unpaired) electrons. The van der Waals surface area contributed by atoms with Gasteiger partial charge in [-0.25, -0.2) is 0 Å². The van der Waals surface area contributed by atoms with E-state index in [1.807, 2.05) is 12.1 Å². The molecule has 1 aliphatic rings. The van der Waals surface area contributed by atoms with Crippen molar-refractivity contribution in [3.63, 3.8) is 0 Å². The Morgan fingerprint density at radius 3 is 2.71 bits per heavy atom. The molecule has 0 spiro atoms. The first-order valence-electron chi connectivity index (χ1n) is 6.27. The highest BCUT2D eigenvalue weighted by atomic mass is 16.5. The lowest BCUT2D eigenvalue weighted by Crippen LogP contribution is -2.32. The van der Waals surface area contributed by atoms with Crippen LogP contribution in [0.3, 0.4) is 0 Å². The summed E-state index contributed by atoms with van der Waals surface area (Å²) in [5.74, 6) is 1.64. The predicted octanol–water partition coefficient (Wildman–Crippen LogP) is 2.63. The van der Waals surface area contributed by atoms with Gasteiger partial charge in [0, 0.05) is 6.54 Å². The van der Waals surface area contributed by atoms with E-state index in [0.717, 1.165) is 12.5 Å². The van der Waals surface area contributed by atoms with Crippen LogP contribution >= 0.6 is 0 Å². The molecule has 3 nitrogen and oxygen atoms in total. The van der Waals surface area contributed by atoms with Crippen LogP contribution in [0.2, 0.25) is 0 Å². The number of piperidine rings is 1. The maximum Gasteiger partial charge on any atom is 0.160 e. The van der Waals surface area contributed by atoms with Crippen molar-refractivity contribution in [1.82, 2.24) is 4.90 Å². The number of hydrogen-bond donors (Lipinski definition) is 1. The monoisotopic (exact) mass is 235 g/mol. The van der Waals surface area contributed by atoms with Gasteiger partial charge in [-0.2, -0.15) is 0 Å². The van der Waals surface area contributed by atoms with Gasteiger partial charge in [0.25, 0.3) is 0 Å². The van der Waals surface area contributed by atoms with Crippen molar-refractivity contribution < 1.29 is 9.84 Å². The van der Waals surface area contributed by atoms with E-state index in [9.17, 15) is 5.11 Å². The Hall–Kier alpha value is -1.22. The molecule has 0 unspecified atom stereocenters. The molecule has 0 aromatic heterocycles. The van der Waals surface area contributed by atoms with Crippen LogP contribution in [0.1, 0.15) is 25.3 Å². The van der Waals surface area contributed by atoms with Crippen LogP contribution in [0, 0.1) is 5.92 Å². The fourth-order valence-corrected chi connectivity index (χ4v) is 2.30. The molecular weight excluding hydrogens is 214 g/mol. The van der Waals surface area contributed by atoms with Gasteiger partial charge in [0.05, 0.1) is 7.11 Å². The zero-order valence-corrected chi connectivity index (χ0v) is 10.6. The first kappa shape index (κ1) is 12.2. The van der Waals surface area contributed by atoms with Crippen LogP contribution in [0.4, 0.5) is 0 Å². The van der Waals surface area contributed by atoms with E-state index in [2.05, 4.69) is 11.8 Å². The summed E-state index contributed by atoms with van der Waals surface area (Å²) in [7, 11) is 1.58. The molecule has 17 heavy (non-hydrogen) atoms. The van der Waals surface area contributed by atoms with Gasteiger partial charge < -0.3 is 9.84 Å². The van der Waals surface area contributed by atoms with Crippen LogP contribution in [0.5, 0.6) is 11.5 Å². The summed E-state index contributed by atoms with van der Waals surface area (Å²) in [6.45, 7) is 5.61. The Kier molecular flexibility index (Phi) is 3.89. The number of methoxy groups -OCH3 is 1. The molecule has 0 saturated carbocycles. The summed E-state index contributed by atoms with van der Waals surface area (Å²) >= 11 is 0. The highest BCUT2D eigenvalue weighted by molar-refractivity contribution is 5.41. The summed E-state index contributed by atoms with van der Waals surface area (Å²) in [6.07, 6.45) is 2.57. The van der Waals surface area contributed by atoms with Crippen molar-refractivity contribution in [1.29, 1.82) is 0 Å². The highest BCUT2D eigenvalue weighted by Gasteiger charge is 2.16. The van der Waals surface area contributed by atoms with Gasteiger partial charge in [-0.3, -0.25) is 4.90 Å². The molecular formula is C14H21NO2. The maximum atomic E-state index is 9.54. The third kappa shape index (κ3) is 3.13. The van der Waals surface area contributed by atoms with E-state index in [1.54, 1.807) is 13.2 Å². The van der Waals surface area contributed by atoms with Crippen LogP contribution in [-0.2, 0) is 6.54 Å². The van der Waals surface area contributed by atoms with E-state index < -0.39 is 0 Å². The Labute approximate surface area is 103 Å². The molecule has 1 aliphatic heterocycles. The fourth-order valence-electron chi connectivity index (χ4n) is 2.30. The van der Waals surface area contributed by atoms with Crippen molar-refractivity contribution in [3.8, 4) is 11.5 Å². The molecule has 1 fully saturated rings. The lowest BCUT2D eigenvalue weighted by Gasteiger charge is -2.30. The standard InChI is InChI=1S/C14H21NO2/c1-11-5-7-15(8-6-11)10-12-3-4-13(16)14(9-12)17-2/h3-4,9,11,16H,5-8,10H2,1-2H3. The van der Waals surface area contributed by atoms with Gasteiger partial charge >= 0.3 is 0 Å². The Balaban J connectivity index is 1.99. The first-order chi connectivity index (χ1) is 8.19. The van der Waals surface area contributed by atoms with Crippen molar-refractivity contribution in [2.45, 2.75) is 26.3 Å². The third-order valence-corrected chi connectivity index (χ3v) is 3.53. The lowest BCUT2D eigenvalue weighted by atomic mass is 9.99. The number of benzene rings is 1. The first-order valence-corrected chi connectivity index (χ1v) is 6.27. The molecule has 0 atom stereocenters.